The Bertz CT molecular complexity index is 555. The second kappa shape index (κ2) is 7.45. The molecule has 2 heterocycles. The summed E-state index contributed by atoms with van der Waals surface area (Å²) >= 11 is 0. The number of amides is 1. The van der Waals surface area contributed by atoms with Crippen molar-refractivity contribution in [2.24, 2.45) is 5.41 Å². The number of carbonyl (C=O) groups excluding carboxylic acids is 2. The molecule has 5 heteroatoms. The van der Waals surface area contributed by atoms with Gasteiger partial charge in [-0.3, -0.25) is 9.59 Å². The van der Waals surface area contributed by atoms with Gasteiger partial charge in [0.1, 0.15) is 0 Å². The number of ketones is 1. The highest BCUT2D eigenvalue weighted by Crippen LogP contribution is 2.36. The number of likely N-dealkylation sites (tertiary alicyclic amines) is 1. The third-order valence-corrected chi connectivity index (χ3v) is 5.22. The van der Waals surface area contributed by atoms with E-state index in [1.807, 2.05) is 17.0 Å². The highest BCUT2D eigenvalue weighted by molar-refractivity contribution is 5.94. The molecule has 0 aliphatic carbocycles. The Morgan fingerprint density at radius 3 is 2.30 bits per heavy atom. The minimum atomic E-state index is 0. The SMILES string of the molecule is CC(=O)c1ccc(CC(=O)N2CCC3(CCNC3)CC2)cc1.Cl. The number of rotatable bonds is 3. The zero-order valence-corrected chi connectivity index (χ0v) is 14.5. The Labute approximate surface area is 144 Å². The van der Waals surface area contributed by atoms with Gasteiger partial charge in [-0.15, -0.1) is 12.4 Å². The molecule has 0 saturated carbocycles. The second-order valence-electron chi connectivity index (χ2n) is 6.74. The van der Waals surface area contributed by atoms with Crippen molar-refractivity contribution < 1.29 is 9.59 Å². The molecule has 2 saturated heterocycles. The number of Topliss-reactive ketones (excluding diaryl/α,β-unsaturated/α-hetero) is 1. The molecule has 1 N–H and O–H groups in total. The minimum absolute atomic E-state index is 0. The van der Waals surface area contributed by atoms with Gasteiger partial charge < -0.3 is 10.2 Å². The maximum absolute atomic E-state index is 12.4. The van der Waals surface area contributed by atoms with Gasteiger partial charge in [0.25, 0.3) is 0 Å². The lowest BCUT2D eigenvalue weighted by molar-refractivity contribution is -0.132. The minimum Gasteiger partial charge on any atom is -0.342 e. The second-order valence-corrected chi connectivity index (χ2v) is 6.74. The van der Waals surface area contributed by atoms with Gasteiger partial charge in [-0.05, 0) is 43.7 Å². The third kappa shape index (κ3) is 4.12. The van der Waals surface area contributed by atoms with Crippen LogP contribution in [0.2, 0.25) is 0 Å². The molecule has 0 unspecified atom stereocenters. The molecule has 0 radical (unpaired) electrons. The normalized spacial score (nSPS) is 19.4. The average Bonchev–Trinajstić information content (AvgIpc) is 2.96. The van der Waals surface area contributed by atoms with Crippen molar-refractivity contribution in [1.82, 2.24) is 10.2 Å². The average molecular weight is 337 g/mol. The predicted octanol–water partition coefficient (Wildman–Crippen LogP) is 2.46. The van der Waals surface area contributed by atoms with Gasteiger partial charge in [-0.2, -0.15) is 0 Å². The number of halogens is 1. The van der Waals surface area contributed by atoms with Crippen LogP contribution in [-0.2, 0) is 11.2 Å². The summed E-state index contributed by atoms with van der Waals surface area (Å²) in [6.07, 6.45) is 3.93. The fourth-order valence-electron chi connectivity index (χ4n) is 3.60. The molecular formula is C18H25ClN2O2. The highest BCUT2D eigenvalue weighted by atomic mass is 35.5. The summed E-state index contributed by atoms with van der Waals surface area (Å²) in [7, 11) is 0. The number of nitrogens with zero attached hydrogens (tertiary/aromatic N) is 1. The van der Waals surface area contributed by atoms with Crippen LogP contribution < -0.4 is 5.32 Å². The number of carbonyl (C=O) groups is 2. The van der Waals surface area contributed by atoms with Crippen molar-refractivity contribution in [2.75, 3.05) is 26.2 Å². The van der Waals surface area contributed by atoms with Gasteiger partial charge in [0.2, 0.25) is 5.91 Å². The number of benzene rings is 1. The highest BCUT2D eigenvalue weighted by Gasteiger charge is 2.37. The van der Waals surface area contributed by atoms with Crippen LogP contribution in [0.25, 0.3) is 0 Å². The van der Waals surface area contributed by atoms with Crippen LogP contribution >= 0.6 is 12.4 Å². The van der Waals surface area contributed by atoms with Crippen LogP contribution in [-0.4, -0.2) is 42.8 Å². The first kappa shape index (κ1) is 18.0. The molecular weight excluding hydrogens is 312 g/mol. The summed E-state index contributed by atoms with van der Waals surface area (Å²) in [4.78, 5) is 25.7. The summed E-state index contributed by atoms with van der Waals surface area (Å²) in [5.74, 6) is 0.265. The first-order chi connectivity index (χ1) is 10.6. The zero-order valence-electron chi connectivity index (χ0n) is 13.6. The topological polar surface area (TPSA) is 49.4 Å². The summed E-state index contributed by atoms with van der Waals surface area (Å²) < 4.78 is 0. The van der Waals surface area contributed by atoms with Gasteiger partial charge >= 0.3 is 0 Å². The first-order valence-electron chi connectivity index (χ1n) is 8.16. The molecule has 0 aromatic heterocycles. The van der Waals surface area contributed by atoms with Crippen LogP contribution in [0.4, 0.5) is 0 Å². The summed E-state index contributed by atoms with van der Waals surface area (Å²) in [6, 6.07) is 7.39. The van der Waals surface area contributed by atoms with E-state index in [9.17, 15) is 9.59 Å². The largest absolute Gasteiger partial charge is 0.342 e. The summed E-state index contributed by atoms with van der Waals surface area (Å²) in [5, 5.41) is 3.45. The van der Waals surface area contributed by atoms with E-state index < -0.39 is 0 Å². The Kier molecular flexibility index (Phi) is 5.82. The molecule has 1 aromatic carbocycles. The van der Waals surface area contributed by atoms with E-state index in [0.29, 0.717) is 17.4 Å². The molecule has 0 bridgehead atoms. The van der Waals surface area contributed by atoms with Crippen LogP contribution in [0.3, 0.4) is 0 Å². The van der Waals surface area contributed by atoms with Crippen molar-refractivity contribution >= 4 is 24.1 Å². The van der Waals surface area contributed by atoms with Crippen molar-refractivity contribution in [1.29, 1.82) is 0 Å². The smallest absolute Gasteiger partial charge is 0.226 e. The first-order valence-corrected chi connectivity index (χ1v) is 8.16. The summed E-state index contributed by atoms with van der Waals surface area (Å²) in [6.45, 7) is 5.55. The summed E-state index contributed by atoms with van der Waals surface area (Å²) in [5.41, 5.74) is 2.13. The van der Waals surface area contributed by atoms with E-state index in [1.165, 1.54) is 6.42 Å². The van der Waals surface area contributed by atoms with E-state index in [0.717, 1.165) is 44.6 Å². The predicted molar refractivity (Wildman–Crippen MR) is 93.1 cm³/mol. The van der Waals surface area contributed by atoms with E-state index in [-0.39, 0.29) is 24.1 Å². The Morgan fingerprint density at radius 1 is 1.13 bits per heavy atom. The fourth-order valence-corrected chi connectivity index (χ4v) is 3.60. The molecule has 23 heavy (non-hydrogen) atoms. The van der Waals surface area contributed by atoms with Crippen molar-refractivity contribution in [3.8, 4) is 0 Å². The fraction of sp³-hybridized carbons (Fsp3) is 0.556. The number of hydrogen-bond donors (Lipinski definition) is 1. The molecule has 4 nitrogen and oxygen atoms in total. The molecule has 1 spiro atoms. The Balaban J connectivity index is 0.00000192. The lowest BCUT2D eigenvalue weighted by Crippen LogP contribution is -2.44. The molecule has 2 fully saturated rings. The monoisotopic (exact) mass is 336 g/mol. The maximum atomic E-state index is 12.4. The van der Waals surface area contributed by atoms with Gasteiger partial charge in [0, 0.05) is 25.2 Å². The van der Waals surface area contributed by atoms with Crippen molar-refractivity contribution in [3.63, 3.8) is 0 Å². The van der Waals surface area contributed by atoms with Gasteiger partial charge in [0.05, 0.1) is 6.42 Å². The van der Waals surface area contributed by atoms with Crippen LogP contribution in [0, 0.1) is 5.41 Å². The van der Waals surface area contributed by atoms with Crippen LogP contribution in [0.1, 0.15) is 42.1 Å². The number of nitrogens with one attached hydrogen (secondary N) is 1. The Hall–Kier alpha value is -1.39. The van der Waals surface area contributed by atoms with E-state index in [2.05, 4.69) is 5.32 Å². The molecule has 2 aliphatic heterocycles. The zero-order chi connectivity index (χ0) is 15.6. The number of hydrogen-bond acceptors (Lipinski definition) is 3. The van der Waals surface area contributed by atoms with E-state index >= 15 is 0 Å². The molecule has 3 rings (SSSR count). The van der Waals surface area contributed by atoms with Crippen LogP contribution in [0.5, 0.6) is 0 Å². The van der Waals surface area contributed by atoms with E-state index in [1.54, 1.807) is 19.1 Å². The quantitative estimate of drug-likeness (QED) is 0.863. The van der Waals surface area contributed by atoms with Crippen LogP contribution in [0.15, 0.2) is 24.3 Å². The third-order valence-electron chi connectivity index (χ3n) is 5.22. The molecule has 126 valence electrons. The van der Waals surface area contributed by atoms with Crippen molar-refractivity contribution in [2.45, 2.75) is 32.6 Å². The maximum Gasteiger partial charge on any atom is 0.226 e. The Morgan fingerprint density at radius 2 is 1.78 bits per heavy atom. The number of piperidine rings is 1. The molecule has 1 amide bonds. The van der Waals surface area contributed by atoms with Gasteiger partial charge in [-0.25, -0.2) is 0 Å². The lowest BCUT2D eigenvalue weighted by Gasteiger charge is -2.39. The molecule has 0 atom stereocenters. The standard InChI is InChI=1S/C18H24N2O2.ClH/c1-14(21)16-4-2-15(3-5-16)12-17(22)20-10-7-18(8-11-20)6-9-19-13-18;/h2-5,19H,6-13H2,1H3;1H. The molecule has 2 aliphatic rings. The molecule has 1 aromatic rings. The lowest BCUT2D eigenvalue weighted by atomic mass is 9.78. The van der Waals surface area contributed by atoms with E-state index in [4.69, 9.17) is 0 Å². The van der Waals surface area contributed by atoms with Gasteiger partial charge in [0.15, 0.2) is 5.78 Å². The van der Waals surface area contributed by atoms with Crippen molar-refractivity contribution in [3.05, 3.63) is 35.4 Å². The van der Waals surface area contributed by atoms with Gasteiger partial charge in [-0.1, -0.05) is 24.3 Å².